The highest BCUT2D eigenvalue weighted by atomic mass is 35.5. The summed E-state index contributed by atoms with van der Waals surface area (Å²) in [5.41, 5.74) is 0.887. The summed E-state index contributed by atoms with van der Waals surface area (Å²) in [6, 6.07) is 4.05. The highest BCUT2D eigenvalue weighted by molar-refractivity contribution is 7.91. The van der Waals surface area contributed by atoms with Crippen molar-refractivity contribution < 1.29 is 27.5 Å². The van der Waals surface area contributed by atoms with Crippen molar-refractivity contribution in [1.82, 2.24) is 30.2 Å². The Hall–Kier alpha value is -3.95. The van der Waals surface area contributed by atoms with E-state index in [1.165, 1.54) is 16.2 Å². The Labute approximate surface area is 318 Å². The second kappa shape index (κ2) is 15.4. The smallest absolute Gasteiger partial charge is 0.318 e. The Balaban J connectivity index is 0.000000192. The SMILES string of the molecule is CC1(S(=O)(=O)NC(=O)[C@@]23CC2/C=C\CCCCCNC(=O)N2CCC[C@H]2C(=O)N3)CC1.COc1ccc2c(=O)cc(-c3nc(C(C)C)cs3)[nH]c2c1Cl. The minimum atomic E-state index is -3.81. The van der Waals surface area contributed by atoms with Gasteiger partial charge in [-0.15, -0.1) is 11.3 Å². The third kappa shape index (κ3) is 8.12. The van der Waals surface area contributed by atoms with Crippen LogP contribution in [0.25, 0.3) is 21.6 Å². The van der Waals surface area contributed by atoms with E-state index in [4.69, 9.17) is 16.3 Å². The zero-order valence-corrected chi connectivity index (χ0v) is 32.8. The highest BCUT2D eigenvalue weighted by Gasteiger charge is 2.62. The van der Waals surface area contributed by atoms with Gasteiger partial charge >= 0.3 is 6.03 Å². The van der Waals surface area contributed by atoms with Gasteiger partial charge in [-0.25, -0.2) is 18.2 Å². The maximum atomic E-state index is 13.1. The first-order valence-corrected chi connectivity index (χ1v) is 20.9. The van der Waals surface area contributed by atoms with Gasteiger partial charge in [-0.05, 0) is 76.3 Å². The topological polar surface area (TPSA) is 180 Å². The first-order valence-electron chi connectivity index (χ1n) is 18.1. The summed E-state index contributed by atoms with van der Waals surface area (Å²) in [7, 11) is -2.26. The summed E-state index contributed by atoms with van der Waals surface area (Å²) in [5, 5.41) is 9.45. The Morgan fingerprint density at radius 2 is 1.92 bits per heavy atom. The highest BCUT2D eigenvalue weighted by Crippen LogP contribution is 2.47. The summed E-state index contributed by atoms with van der Waals surface area (Å²) >= 11 is 7.83. The second-order valence-corrected chi connectivity index (χ2v) is 18.2. The number of aromatic nitrogens is 2. The average molecular weight is 787 g/mol. The molecule has 4 amide bonds. The van der Waals surface area contributed by atoms with Gasteiger partial charge in [0.2, 0.25) is 15.9 Å². The standard InChI is InChI=1S/C21H32N4O5S.C16H15ClN2O2S/c1-20(10-11-20)31(29,30)24-18(27)21-14-15(21)8-5-3-2-4-6-12-22-19(28)25-13-7-9-16(25)17(26)23-21;1-8(2)11-7-22-16(19-11)10-6-12(20)9-4-5-13(21-3)14(17)15(9)18-10/h5,8,15-16H,2-4,6-7,9-14H2,1H3,(H,22,28)(H,23,26)(H,24,27);4-8H,1-3H3,(H,18,20)/b8-5-;/t15?,16-,21+;/m0./s1. The van der Waals surface area contributed by atoms with Crippen molar-refractivity contribution in [2.45, 2.75) is 101 Å². The molecule has 4 aliphatic rings. The van der Waals surface area contributed by atoms with Gasteiger partial charge in [-0.2, -0.15) is 0 Å². The first kappa shape index (κ1) is 38.8. The number of urea groups is 1. The summed E-state index contributed by atoms with van der Waals surface area (Å²) in [4.78, 5) is 60.4. The molecule has 2 saturated carbocycles. The molecule has 286 valence electrons. The van der Waals surface area contributed by atoms with E-state index in [1.54, 1.807) is 32.2 Å². The van der Waals surface area contributed by atoms with Crippen LogP contribution in [0.3, 0.4) is 0 Å². The predicted octanol–water partition coefficient (Wildman–Crippen LogP) is 5.60. The number of hydrogen-bond donors (Lipinski definition) is 4. The number of sulfonamides is 1. The molecule has 0 bridgehead atoms. The number of rotatable bonds is 6. The number of aromatic amines is 1. The molecule has 53 heavy (non-hydrogen) atoms. The lowest BCUT2D eigenvalue weighted by molar-refractivity contribution is -0.131. The zero-order valence-electron chi connectivity index (χ0n) is 30.4. The lowest BCUT2D eigenvalue weighted by atomic mass is 10.1. The lowest BCUT2D eigenvalue weighted by Gasteiger charge is -2.27. The fraction of sp³-hybridized carbons (Fsp3) is 0.541. The number of H-pyrrole nitrogens is 1. The number of nitrogens with zero attached hydrogens (tertiary/aromatic N) is 2. The van der Waals surface area contributed by atoms with Crippen molar-refractivity contribution >= 4 is 61.7 Å². The monoisotopic (exact) mass is 786 g/mol. The fourth-order valence-electron chi connectivity index (χ4n) is 6.68. The van der Waals surface area contributed by atoms with Crippen LogP contribution < -0.4 is 25.5 Å². The van der Waals surface area contributed by atoms with E-state index in [1.807, 2.05) is 17.5 Å². The molecular formula is C37H47ClN6O7S2. The van der Waals surface area contributed by atoms with Crippen molar-refractivity contribution in [3.05, 3.63) is 56.7 Å². The first-order chi connectivity index (χ1) is 25.2. The summed E-state index contributed by atoms with van der Waals surface area (Å²) in [5.74, 6) is -0.456. The summed E-state index contributed by atoms with van der Waals surface area (Å²) < 4.78 is 31.8. The molecular weight excluding hydrogens is 740 g/mol. The number of amides is 4. The number of allylic oxidation sites excluding steroid dienone is 1. The zero-order chi connectivity index (χ0) is 38.1. The number of hydrogen-bond acceptors (Lipinski definition) is 9. The number of methoxy groups -OCH3 is 1. The Morgan fingerprint density at radius 1 is 1.15 bits per heavy atom. The van der Waals surface area contributed by atoms with Crippen LogP contribution in [0.15, 0.2) is 40.5 Å². The number of carbonyl (C=O) groups excluding carboxylic acids is 3. The van der Waals surface area contributed by atoms with Crippen LogP contribution in [0.2, 0.25) is 5.02 Å². The molecule has 16 heteroatoms. The van der Waals surface area contributed by atoms with Crippen LogP contribution in [0.4, 0.5) is 4.79 Å². The molecule has 0 radical (unpaired) electrons. The van der Waals surface area contributed by atoms with E-state index in [2.05, 4.69) is 39.2 Å². The van der Waals surface area contributed by atoms with Gasteiger partial charge in [0.15, 0.2) is 5.43 Å². The molecule has 2 aromatic heterocycles. The van der Waals surface area contributed by atoms with E-state index < -0.39 is 38.2 Å². The number of benzene rings is 1. The third-order valence-electron chi connectivity index (χ3n) is 10.6. The van der Waals surface area contributed by atoms with E-state index in [0.717, 1.165) is 36.4 Å². The van der Waals surface area contributed by atoms with Crippen molar-refractivity contribution in [3.63, 3.8) is 0 Å². The number of nitrogens with one attached hydrogen (secondary N) is 4. The molecule has 1 aromatic carbocycles. The van der Waals surface area contributed by atoms with Gasteiger partial charge in [0.05, 0.1) is 28.8 Å². The Bertz CT molecular complexity index is 2090. The molecule has 1 saturated heterocycles. The van der Waals surface area contributed by atoms with Crippen molar-refractivity contribution in [3.8, 4) is 16.5 Å². The van der Waals surface area contributed by atoms with Gasteiger partial charge < -0.3 is 25.3 Å². The number of ether oxygens (including phenoxy) is 1. The van der Waals surface area contributed by atoms with Crippen LogP contribution in [0.1, 0.15) is 90.2 Å². The Morgan fingerprint density at radius 3 is 2.62 bits per heavy atom. The molecule has 2 aliphatic carbocycles. The molecule has 7 rings (SSSR count). The molecule has 4 heterocycles. The average Bonchev–Trinajstić information content (AvgIpc) is 3.85. The fourth-order valence-corrected chi connectivity index (χ4v) is 9.24. The van der Waals surface area contributed by atoms with Crippen LogP contribution in [-0.2, 0) is 19.6 Å². The lowest BCUT2D eigenvalue weighted by Crippen LogP contribution is -2.57. The van der Waals surface area contributed by atoms with Crippen molar-refractivity contribution in [2.24, 2.45) is 5.92 Å². The molecule has 2 aliphatic heterocycles. The van der Waals surface area contributed by atoms with Gasteiger partial charge in [0.1, 0.15) is 27.4 Å². The van der Waals surface area contributed by atoms with Crippen LogP contribution in [-0.4, -0.2) is 77.7 Å². The molecule has 3 atom stereocenters. The van der Waals surface area contributed by atoms with Crippen molar-refractivity contribution in [1.29, 1.82) is 0 Å². The molecule has 0 spiro atoms. The molecule has 3 fully saturated rings. The van der Waals surface area contributed by atoms with Gasteiger partial charge in [0, 0.05) is 35.8 Å². The predicted molar refractivity (Wildman–Crippen MR) is 206 cm³/mol. The number of thiazole rings is 1. The normalized spacial score (nSPS) is 24.7. The van der Waals surface area contributed by atoms with E-state index >= 15 is 0 Å². The number of halogens is 1. The minimum Gasteiger partial charge on any atom is -0.495 e. The number of carbonyl (C=O) groups is 3. The Kier molecular flexibility index (Phi) is 11.3. The maximum Gasteiger partial charge on any atom is 0.318 e. The number of fused-ring (bicyclic) bond motifs is 3. The molecule has 4 N–H and O–H groups in total. The maximum absolute atomic E-state index is 13.1. The van der Waals surface area contributed by atoms with E-state index in [-0.39, 0.29) is 17.4 Å². The van der Waals surface area contributed by atoms with E-state index in [0.29, 0.717) is 78.5 Å². The minimum absolute atomic E-state index is 0.0883. The number of pyridine rings is 1. The second-order valence-electron chi connectivity index (χ2n) is 14.8. The van der Waals surface area contributed by atoms with E-state index in [9.17, 15) is 27.6 Å². The molecule has 13 nitrogen and oxygen atoms in total. The third-order valence-corrected chi connectivity index (χ3v) is 14.0. The van der Waals surface area contributed by atoms with Gasteiger partial charge in [-0.3, -0.25) is 19.1 Å². The van der Waals surface area contributed by atoms with Crippen LogP contribution in [0, 0.1) is 5.92 Å². The van der Waals surface area contributed by atoms with Gasteiger partial charge in [0.25, 0.3) is 5.91 Å². The summed E-state index contributed by atoms with van der Waals surface area (Å²) in [6.07, 6.45) is 10.2. The molecule has 3 aromatic rings. The summed E-state index contributed by atoms with van der Waals surface area (Å²) in [6.45, 7) is 6.85. The largest absolute Gasteiger partial charge is 0.495 e. The molecule has 1 unspecified atom stereocenters. The van der Waals surface area contributed by atoms with Crippen molar-refractivity contribution in [2.75, 3.05) is 20.2 Å². The van der Waals surface area contributed by atoms with Crippen LogP contribution in [0.5, 0.6) is 5.75 Å². The van der Waals surface area contributed by atoms with Gasteiger partial charge in [-0.1, -0.05) is 44.0 Å². The quantitative estimate of drug-likeness (QED) is 0.233. The van der Waals surface area contributed by atoms with Crippen LogP contribution >= 0.6 is 22.9 Å².